The standard InChI is InChI=1S/C30H35ClN4O2/c1-21-29(30(36)34-16-13-28(20-34)33(3)26-14-17-37-18-15-26)22(2)35(32-21)27-6-4-5-24(19-27)8-7-23-9-11-25(31)12-10-23/h4-12,19,26,28H,13-18,20H2,1-3H3. The molecule has 0 bridgehead atoms. The lowest BCUT2D eigenvalue weighted by molar-refractivity contribution is 0.0295. The van der Waals surface area contributed by atoms with E-state index in [1.165, 1.54) is 0 Å². The molecule has 0 spiro atoms. The van der Waals surface area contributed by atoms with E-state index >= 15 is 0 Å². The topological polar surface area (TPSA) is 50.6 Å². The lowest BCUT2D eigenvalue weighted by atomic mass is 10.1. The van der Waals surface area contributed by atoms with Crippen molar-refractivity contribution in [1.29, 1.82) is 0 Å². The Morgan fingerprint density at radius 2 is 1.76 bits per heavy atom. The zero-order valence-corrected chi connectivity index (χ0v) is 22.6. The van der Waals surface area contributed by atoms with Crippen molar-refractivity contribution in [2.45, 2.75) is 45.2 Å². The average molecular weight is 519 g/mol. The summed E-state index contributed by atoms with van der Waals surface area (Å²) < 4.78 is 7.42. The van der Waals surface area contributed by atoms with Crippen LogP contribution in [0.2, 0.25) is 5.02 Å². The quantitative estimate of drug-likeness (QED) is 0.396. The number of hydrogen-bond acceptors (Lipinski definition) is 4. The molecule has 2 aliphatic rings. The molecule has 6 nitrogen and oxygen atoms in total. The number of halogens is 1. The third-order valence-corrected chi connectivity index (χ3v) is 8.00. The summed E-state index contributed by atoms with van der Waals surface area (Å²) in [4.78, 5) is 18.1. The number of aryl methyl sites for hydroxylation is 1. The van der Waals surface area contributed by atoms with Crippen molar-refractivity contribution in [1.82, 2.24) is 19.6 Å². The van der Waals surface area contributed by atoms with Crippen LogP contribution in [-0.2, 0) is 4.74 Å². The average Bonchev–Trinajstić information content (AvgIpc) is 3.53. The minimum absolute atomic E-state index is 0.0860. The first-order valence-electron chi connectivity index (χ1n) is 13.1. The molecular weight excluding hydrogens is 484 g/mol. The van der Waals surface area contributed by atoms with Crippen molar-refractivity contribution in [3.63, 3.8) is 0 Å². The van der Waals surface area contributed by atoms with Gasteiger partial charge >= 0.3 is 0 Å². The van der Waals surface area contributed by atoms with Gasteiger partial charge in [0.05, 0.1) is 22.6 Å². The van der Waals surface area contributed by atoms with Crippen molar-refractivity contribution in [3.05, 3.63) is 81.6 Å². The smallest absolute Gasteiger partial charge is 0.257 e. The van der Waals surface area contributed by atoms with Crippen molar-refractivity contribution < 1.29 is 9.53 Å². The van der Waals surface area contributed by atoms with Gasteiger partial charge in [0.25, 0.3) is 5.91 Å². The normalized spacial score (nSPS) is 18.8. The van der Waals surface area contributed by atoms with Crippen molar-refractivity contribution in [3.8, 4) is 5.69 Å². The van der Waals surface area contributed by atoms with Gasteiger partial charge in [0, 0.05) is 43.4 Å². The molecule has 0 N–H and O–H groups in total. The fourth-order valence-corrected chi connectivity index (χ4v) is 5.66. The van der Waals surface area contributed by atoms with E-state index in [0.717, 1.165) is 84.4 Å². The molecule has 1 atom stereocenters. The predicted octanol–water partition coefficient (Wildman–Crippen LogP) is 5.64. The number of ether oxygens (including phenoxy) is 1. The van der Waals surface area contributed by atoms with Gasteiger partial charge in [-0.3, -0.25) is 9.69 Å². The molecule has 7 heteroatoms. The van der Waals surface area contributed by atoms with Crippen LogP contribution in [0.4, 0.5) is 0 Å². The van der Waals surface area contributed by atoms with Crippen LogP contribution in [0.15, 0.2) is 48.5 Å². The first-order valence-corrected chi connectivity index (χ1v) is 13.5. The molecule has 0 radical (unpaired) electrons. The maximum atomic E-state index is 13.6. The number of hydrogen-bond donors (Lipinski definition) is 0. The van der Waals surface area contributed by atoms with Crippen LogP contribution < -0.4 is 0 Å². The third-order valence-electron chi connectivity index (χ3n) is 7.75. The van der Waals surface area contributed by atoms with Crippen LogP contribution in [0.5, 0.6) is 0 Å². The van der Waals surface area contributed by atoms with E-state index in [1.54, 1.807) is 0 Å². The zero-order chi connectivity index (χ0) is 25.9. The monoisotopic (exact) mass is 518 g/mol. The van der Waals surface area contributed by atoms with Crippen LogP contribution in [0.1, 0.15) is 52.1 Å². The number of aromatic nitrogens is 2. The molecule has 1 unspecified atom stereocenters. The van der Waals surface area contributed by atoms with E-state index in [4.69, 9.17) is 21.4 Å². The number of amides is 1. The number of carbonyl (C=O) groups excluding carboxylic acids is 1. The molecule has 2 aromatic carbocycles. The molecule has 3 aromatic rings. The minimum Gasteiger partial charge on any atom is -0.381 e. The summed E-state index contributed by atoms with van der Waals surface area (Å²) in [6.07, 6.45) is 7.28. The van der Waals surface area contributed by atoms with Gasteiger partial charge in [-0.05, 0) is 75.5 Å². The molecule has 1 amide bonds. The third kappa shape index (κ3) is 5.66. The molecule has 194 valence electrons. The maximum Gasteiger partial charge on any atom is 0.257 e. The van der Waals surface area contributed by atoms with Gasteiger partial charge in [-0.15, -0.1) is 0 Å². The molecule has 1 aromatic heterocycles. The van der Waals surface area contributed by atoms with Crippen LogP contribution >= 0.6 is 11.6 Å². The van der Waals surface area contributed by atoms with Crippen molar-refractivity contribution in [2.75, 3.05) is 33.4 Å². The van der Waals surface area contributed by atoms with Gasteiger partial charge in [-0.2, -0.15) is 5.10 Å². The van der Waals surface area contributed by atoms with Gasteiger partial charge in [-0.1, -0.05) is 48.0 Å². The Morgan fingerprint density at radius 3 is 2.51 bits per heavy atom. The minimum atomic E-state index is 0.0860. The van der Waals surface area contributed by atoms with E-state index < -0.39 is 0 Å². The van der Waals surface area contributed by atoms with Gasteiger partial charge in [0.1, 0.15) is 0 Å². The number of nitrogens with zero attached hydrogens (tertiary/aromatic N) is 4. The van der Waals surface area contributed by atoms with E-state index in [2.05, 4.69) is 36.2 Å². The maximum absolute atomic E-state index is 13.6. The van der Waals surface area contributed by atoms with Crippen molar-refractivity contribution in [2.24, 2.45) is 0 Å². The van der Waals surface area contributed by atoms with E-state index in [9.17, 15) is 4.79 Å². The van der Waals surface area contributed by atoms with Gasteiger partial charge in [0.2, 0.25) is 0 Å². The molecule has 5 rings (SSSR count). The van der Waals surface area contributed by atoms with Crippen LogP contribution in [-0.4, -0.2) is 70.9 Å². The number of rotatable bonds is 6. The summed E-state index contributed by atoms with van der Waals surface area (Å²) in [6.45, 7) is 7.14. The highest BCUT2D eigenvalue weighted by Gasteiger charge is 2.34. The Morgan fingerprint density at radius 1 is 1.03 bits per heavy atom. The Hall–Kier alpha value is -2.93. The van der Waals surface area contributed by atoms with Crippen LogP contribution in [0.25, 0.3) is 17.8 Å². The lowest BCUT2D eigenvalue weighted by Crippen LogP contribution is -2.44. The number of likely N-dealkylation sites (N-methyl/N-ethyl adjacent to an activating group) is 1. The van der Waals surface area contributed by atoms with Gasteiger partial charge < -0.3 is 9.64 Å². The fourth-order valence-electron chi connectivity index (χ4n) is 5.54. The number of carbonyl (C=O) groups is 1. The summed E-state index contributed by atoms with van der Waals surface area (Å²) in [5.41, 5.74) is 5.45. The van der Waals surface area contributed by atoms with Crippen molar-refractivity contribution >= 4 is 29.7 Å². The molecule has 0 saturated carbocycles. The molecule has 2 fully saturated rings. The second-order valence-corrected chi connectivity index (χ2v) is 10.6. The number of benzene rings is 2. The summed E-state index contributed by atoms with van der Waals surface area (Å²) in [5.74, 6) is 0.0860. The molecule has 2 aliphatic heterocycles. The first kappa shape index (κ1) is 25.7. The fraction of sp³-hybridized carbons (Fsp3) is 0.400. The highest BCUT2D eigenvalue weighted by atomic mass is 35.5. The largest absolute Gasteiger partial charge is 0.381 e. The van der Waals surface area contributed by atoms with E-state index in [0.29, 0.717) is 12.1 Å². The molecular formula is C30H35ClN4O2. The highest BCUT2D eigenvalue weighted by molar-refractivity contribution is 6.30. The summed E-state index contributed by atoms with van der Waals surface area (Å²) in [5, 5.41) is 5.50. The Labute approximate surface area is 224 Å². The Bertz CT molecular complexity index is 1280. The first-order chi connectivity index (χ1) is 17.9. The highest BCUT2D eigenvalue weighted by Crippen LogP contribution is 2.26. The molecule has 2 saturated heterocycles. The van der Waals surface area contributed by atoms with E-state index in [1.807, 2.05) is 59.8 Å². The van der Waals surface area contributed by atoms with Gasteiger partial charge in [0.15, 0.2) is 0 Å². The van der Waals surface area contributed by atoms with Gasteiger partial charge in [-0.25, -0.2) is 4.68 Å². The Kier molecular flexibility index (Phi) is 7.79. The second-order valence-electron chi connectivity index (χ2n) is 10.1. The molecule has 37 heavy (non-hydrogen) atoms. The van der Waals surface area contributed by atoms with Crippen LogP contribution in [0.3, 0.4) is 0 Å². The van der Waals surface area contributed by atoms with Crippen LogP contribution in [0, 0.1) is 13.8 Å². The zero-order valence-electron chi connectivity index (χ0n) is 21.9. The molecule has 3 heterocycles. The lowest BCUT2D eigenvalue weighted by Gasteiger charge is -2.35. The van der Waals surface area contributed by atoms with E-state index in [-0.39, 0.29) is 5.91 Å². The summed E-state index contributed by atoms with van der Waals surface area (Å²) in [7, 11) is 2.21. The predicted molar refractivity (Wildman–Crippen MR) is 149 cm³/mol. The Balaban J connectivity index is 1.31. The summed E-state index contributed by atoms with van der Waals surface area (Å²) in [6, 6.07) is 16.9. The summed E-state index contributed by atoms with van der Waals surface area (Å²) >= 11 is 6.00. The molecule has 0 aliphatic carbocycles. The number of likely N-dealkylation sites (tertiary alicyclic amines) is 1. The second kappa shape index (κ2) is 11.2. The SMILES string of the molecule is Cc1nn(-c2cccc(C=Cc3ccc(Cl)cc3)c2)c(C)c1C(=O)N1CCC(N(C)C2CCOCC2)C1.